The molecule has 0 N–H and O–H groups in total. The van der Waals surface area contributed by atoms with Gasteiger partial charge in [-0.05, 0) is 24.3 Å². The molecule has 31 heavy (non-hydrogen) atoms. The highest BCUT2D eigenvalue weighted by Gasteiger charge is 2.22. The van der Waals surface area contributed by atoms with E-state index >= 15 is 0 Å². The highest BCUT2D eigenvalue weighted by atomic mass is 35.5. The second-order valence-corrected chi connectivity index (χ2v) is 7.47. The third-order valence-corrected chi connectivity index (χ3v) is 5.09. The predicted molar refractivity (Wildman–Crippen MR) is 119 cm³/mol. The zero-order chi connectivity index (χ0) is 21.1. The van der Waals surface area contributed by atoms with Gasteiger partial charge in [-0.3, -0.25) is 9.88 Å². The maximum absolute atomic E-state index is 13.3. The number of nitrogens with zero attached hydrogens (tertiary/aromatic N) is 7. The van der Waals surface area contributed by atoms with Crippen molar-refractivity contribution in [3.05, 3.63) is 60.4 Å². The number of hydrogen-bond donors (Lipinski definition) is 0. The molecule has 0 bridgehead atoms. The molecule has 1 aromatic carbocycles. The van der Waals surface area contributed by atoms with Crippen molar-refractivity contribution in [3.63, 3.8) is 0 Å². The average molecular weight is 446 g/mol. The molecule has 1 fully saturated rings. The van der Waals surface area contributed by atoms with E-state index in [4.69, 9.17) is 0 Å². The highest BCUT2D eigenvalue weighted by Crippen LogP contribution is 2.27. The summed E-state index contributed by atoms with van der Waals surface area (Å²) in [5, 5.41) is 4.16. The van der Waals surface area contributed by atoms with E-state index in [9.17, 15) is 9.18 Å². The van der Waals surface area contributed by atoms with Crippen LogP contribution in [0.5, 0.6) is 0 Å². The van der Waals surface area contributed by atoms with Gasteiger partial charge in [-0.25, -0.2) is 14.2 Å². The van der Waals surface area contributed by atoms with Crippen LogP contribution in [0.4, 0.5) is 15.0 Å². The lowest BCUT2D eigenvalue weighted by atomic mass is 10.1. The molecular weight excluding hydrogens is 421 g/mol. The molecule has 1 saturated heterocycles. The Hall–Kier alpha value is -3.04. The molecular formula is C21H25ClFN7O. The van der Waals surface area contributed by atoms with Crippen LogP contribution in [0.1, 0.15) is 5.56 Å². The molecule has 8 nitrogen and oxygen atoms in total. The van der Waals surface area contributed by atoms with Gasteiger partial charge < -0.3 is 9.80 Å². The Balaban J connectivity index is 0.00000272. The molecule has 0 atom stereocenters. The van der Waals surface area contributed by atoms with E-state index in [-0.39, 0.29) is 24.3 Å². The lowest BCUT2D eigenvalue weighted by Crippen LogP contribution is -2.46. The number of rotatable bonds is 4. The minimum absolute atomic E-state index is 0. The molecule has 0 radical (unpaired) electrons. The van der Waals surface area contributed by atoms with Crippen molar-refractivity contribution in [1.29, 1.82) is 0 Å². The Kier molecular flexibility index (Phi) is 7.19. The molecule has 0 saturated carbocycles. The smallest absolute Gasteiger partial charge is 0.344 e. The standard InChI is InChI=1S/C21H24FN7O.ClH/c1-26(2)21(30)29-15-16(13-25-29)14-27-9-11-28(12-10-27)20-19(23-7-8-24-20)17-3-5-18(22)6-4-17;/h3-8,13,15H,9-12,14H2,1-2H3;1H. The number of halogens is 2. The summed E-state index contributed by atoms with van der Waals surface area (Å²) in [6, 6.07) is 6.17. The van der Waals surface area contributed by atoms with Crippen molar-refractivity contribution in [1.82, 2.24) is 29.5 Å². The predicted octanol–water partition coefficient (Wildman–Crippen LogP) is 2.75. The number of carbonyl (C=O) groups excluding carboxylic acids is 1. The van der Waals surface area contributed by atoms with E-state index in [2.05, 4.69) is 24.9 Å². The number of piperazine rings is 1. The van der Waals surface area contributed by atoms with Gasteiger partial charge in [0.2, 0.25) is 0 Å². The molecule has 1 amide bonds. The lowest BCUT2D eigenvalue weighted by Gasteiger charge is -2.35. The molecule has 3 aromatic rings. The third-order valence-electron chi connectivity index (χ3n) is 5.09. The number of amides is 1. The first-order chi connectivity index (χ1) is 14.5. The number of hydrogen-bond acceptors (Lipinski definition) is 6. The van der Waals surface area contributed by atoms with E-state index in [1.165, 1.54) is 21.7 Å². The minimum Gasteiger partial charge on any atom is -0.352 e. The van der Waals surface area contributed by atoms with E-state index in [1.54, 1.807) is 51.0 Å². The van der Waals surface area contributed by atoms with Crippen LogP contribution in [-0.2, 0) is 6.54 Å². The first kappa shape index (κ1) is 22.6. The Morgan fingerprint density at radius 3 is 2.42 bits per heavy atom. The van der Waals surface area contributed by atoms with Gasteiger partial charge in [-0.1, -0.05) is 0 Å². The molecule has 0 spiro atoms. The summed E-state index contributed by atoms with van der Waals surface area (Å²) in [5.41, 5.74) is 2.61. The second-order valence-electron chi connectivity index (χ2n) is 7.47. The number of benzene rings is 1. The maximum atomic E-state index is 13.3. The molecule has 4 rings (SSSR count). The fourth-order valence-electron chi connectivity index (χ4n) is 3.50. The summed E-state index contributed by atoms with van der Waals surface area (Å²) >= 11 is 0. The zero-order valence-electron chi connectivity index (χ0n) is 17.5. The van der Waals surface area contributed by atoms with Gasteiger partial charge in [0.1, 0.15) is 11.5 Å². The van der Waals surface area contributed by atoms with Gasteiger partial charge in [-0.15, -0.1) is 12.4 Å². The molecule has 0 aliphatic carbocycles. The van der Waals surface area contributed by atoms with E-state index in [1.807, 2.05) is 0 Å². The molecule has 1 aliphatic rings. The van der Waals surface area contributed by atoms with Gasteiger partial charge >= 0.3 is 6.03 Å². The Labute approximate surface area is 186 Å². The van der Waals surface area contributed by atoms with Crippen LogP contribution < -0.4 is 4.90 Å². The van der Waals surface area contributed by atoms with Crippen LogP contribution in [0.3, 0.4) is 0 Å². The Morgan fingerprint density at radius 2 is 1.74 bits per heavy atom. The quantitative estimate of drug-likeness (QED) is 0.615. The SMILES string of the molecule is CN(C)C(=O)n1cc(CN2CCN(c3nccnc3-c3ccc(F)cc3)CC2)cn1.Cl. The first-order valence-corrected chi connectivity index (χ1v) is 9.81. The molecule has 164 valence electrons. The second kappa shape index (κ2) is 9.84. The van der Waals surface area contributed by atoms with Crippen LogP contribution >= 0.6 is 12.4 Å². The number of anilines is 1. The number of carbonyl (C=O) groups is 1. The average Bonchev–Trinajstić information content (AvgIpc) is 3.22. The van der Waals surface area contributed by atoms with Crippen molar-refractivity contribution in [3.8, 4) is 11.3 Å². The van der Waals surface area contributed by atoms with Crippen LogP contribution in [0.15, 0.2) is 49.1 Å². The van der Waals surface area contributed by atoms with Crippen LogP contribution in [-0.4, -0.2) is 75.9 Å². The van der Waals surface area contributed by atoms with Gasteiger partial charge in [0.15, 0.2) is 5.82 Å². The highest BCUT2D eigenvalue weighted by molar-refractivity contribution is 5.85. The molecule has 3 heterocycles. The molecule has 10 heteroatoms. The largest absolute Gasteiger partial charge is 0.352 e. The topological polar surface area (TPSA) is 70.4 Å². The van der Waals surface area contributed by atoms with Gasteiger partial charge in [-0.2, -0.15) is 9.78 Å². The number of aromatic nitrogens is 4. The van der Waals surface area contributed by atoms with E-state index < -0.39 is 0 Å². The first-order valence-electron chi connectivity index (χ1n) is 9.81. The molecule has 0 unspecified atom stereocenters. The Morgan fingerprint density at radius 1 is 1.06 bits per heavy atom. The summed E-state index contributed by atoms with van der Waals surface area (Å²) in [7, 11) is 3.41. The van der Waals surface area contributed by atoms with Crippen LogP contribution in [0, 0.1) is 5.82 Å². The Bertz CT molecular complexity index is 1020. The monoisotopic (exact) mass is 445 g/mol. The summed E-state index contributed by atoms with van der Waals surface area (Å²) in [6.45, 7) is 4.05. The summed E-state index contributed by atoms with van der Waals surface area (Å²) in [4.78, 5) is 27.1. The van der Waals surface area contributed by atoms with Gasteiger partial charge in [0, 0.05) is 76.5 Å². The van der Waals surface area contributed by atoms with Crippen LogP contribution in [0.25, 0.3) is 11.3 Å². The van der Waals surface area contributed by atoms with E-state index in [0.717, 1.165) is 55.4 Å². The fourth-order valence-corrected chi connectivity index (χ4v) is 3.50. The van der Waals surface area contributed by atoms with Gasteiger partial charge in [0.05, 0.1) is 6.20 Å². The van der Waals surface area contributed by atoms with Crippen LogP contribution in [0.2, 0.25) is 0 Å². The van der Waals surface area contributed by atoms with Crippen molar-refractivity contribution >= 4 is 24.3 Å². The minimum atomic E-state index is -0.270. The summed E-state index contributed by atoms with van der Waals surface area (Å²) < 4.78 is 14.6. The van der Waals surface area contributed by atoms with E-state index in [0.29, 0.717) is 0 Å². The van der Waals surface area contributed by atoms with Crippen molar-refractivity contribution < 1.29 is 9.18 Å². The van der Waals surface area contributed by atoms with Gasteiger partial charge in [0.25, 0.3) is 0 Å². The maximum Gasteiger partial charge on any atom is 0.344 e. The molecule has 2 aromatic heterocycles. The summed E-state index contributed by atoms with van der Waals surface area (Å²) in [5.74, 6) is 0.543. The third kappa shape index (κ3) is 5.18. The van der Waals surface area contributed by atoms with Crippen molar-refractivity contribution in [2.45, 2.75) is 6.54 Å². The van der Waals surface area contributed by atoms with Crippen molar-refractivity contribution in [2.24, 2.45) is 0 Å². The summed E-state index contributed by atoms with van der Waals surface area (Å²) in [6.07, 6.45) is 6.86. The fraction of sp³-hybridized carbons (Fsp3) is 0.333. The zero-order valence-corrected chi connectivity index (χ0v) is 18.3. The molecule has 1 aliphatic heterocycles. The normalized spacial score (nSPS) is 14.2. The lowest BCUT2D eigenvalue weighted by molar-refractivity contribution is 0.215. The van der Waals surface area contributed by atoms with Crippen molar-refractivity contribution in [2.75, 3.05) is 45.2 Å².